The summed E-state index contributed by atoms with van der Waals surface area (Å²) in [6.45, 7) is 0.343. The molecule has 1 unspecified atom stereocenters. The molecule has 7 heteroatoms. The second kappa shape index (κ2) is 5.75. The van der Waals surface area contributed by atoms with Gasteiger partial charge in [-0.05, 0) is 0 Å². The monoisotopic (exact) mass is 306 g/mol. The number of anilines is 1. The smallest absolute Gasteiger partial charge is 0.153 e. The molecule has 0 spiro atoms. The number of rotatable bonds is 3. The Kier molecular flexibility index (Phi) is 3.79. The molecule has 2 heterocycles. The minimum atomic E-state index is -0.601. The summed E-state index contributed by atoms with van der Waals surface area (Å²) in [6, 6.07) is 4.20. The van der Waals surface area contributed by atoms with Crippen LogP contribution in [0.15, 0.2) is 29.4 Å². The van der Waals surface area contributed by atoms with Crippen molar-refractivity contribution in [2.75, 3.05) is 19.0 Å². The number of methoxy groups -OCH3 is 1. The zero-order valence-electron chi connectivity index (χ0n) is 12.3. The van der Waals surface area contributed by atoms with Crippen LogP contribution in [0.5, 0.6) is 5.75 Å². The summed E-state index contributed by atoms with van der Waals surface area (Å²) in [4.78, 5) is 4.31. The zero-order valence-corrected chi connectivity index (χ0v) is 12.3. The first-order valence-electron chi connectivity index (χ1n) is 6.89. The molecule has 116 valence electrons. The van der Waals surface area contributed by atoms with Gasteiger partial charge in [0.05, 0.1) is 7.11 Å². The molecule has 0 saturated carbocycles. The fourth-order valence-corrected chi connectivity index (χ4v) is 2.57. The summed E-state index contributed by atoms with van der Waals surface area (Å²) in [7, 11) is 3.19. The minimum Gasteiger partial charge on any atom is -0.497 e. The number of aryl methyl sites for hydroxylation is 1. The maximum atomic E-state index is 14.1. The average Bonchev–Trinajstić information content (AvgIpc) is 3.08. The maximum Gasteiger partial charge on any atom is 0.153 e. The van der Waals surface area contributed by atoms with E-state index >= 15 is 0 Å². The second-order valence-corrected chi connectivity index (χ2v) is 5.19. The van der Waals surface area contributed by atoms with Crippen molar-refractivity contribution in [3.63, 3.8) is 0 Å². The lowest BCUT2D eigenvalue weighted by Gasteiger charge is -2.13. The van der Waals surface area contributed by atoms with Gasteiger partial charge in [-0.15, -0.1) is 0 Å². The zero-order chi connectivity index (χ0) is 15.7. The first-order valence-corrected chi connectivity index (χ1v) is 6.89. The van der Waals surface area contributed by atoms with Gasteiger partial charge in [0, 0.05) is 55.9 Å². The third-order valence-corrected chi connectivity index (χ3v) is 3.62. The first-order chi connectivity index (χ1) is 10.6. The molecule has 0 bridgehead atoms. The highest BCUT2D eigenvalue weighted by Gasteiger charge is 2.27. The van der Waals surface area contributed by atoms with Gasteiger partial charge < -0.3 is 10.1 Å². The van der Waals surface area contributed by atoms with Crippen molar-refractivity contribution in [1.29, 1.82) is 0 Å². The van der Waals surface area contributed by atoms with Gasteiger partial charge in [0.1, 0.15) is 23.2 Å². The van der Waals surface area contributed by atoms with Crippen molar-refractivity contribution in [2.24, 2.45) is 12.0 Å². The largest absolute Gasteiger partial charge is 0.497 e. The molecule has 22 heavy (non-hydrogen) atoms. The van der Waals surface area contributed by atoms with Crippen LogP contribution in [0.4, 0.5) is 14.6 Å². The molecule has 1 aromatic carbocycles. The number of amidine groups is 1. The molecule has 1 atom stereocenters. The van der Waals surface area contributed by atoms with Crippen LogP contribution in [-0.2, 0) is 7.05 Å². The van der Waals surface area contributed by atoms with Crippen LogP contribution in [0.1, 0.15) is 17.9 Å². The Labute approximate surface area is 126 Å². The Morgan fingerprint density at radius 1 is 1.32 bits per heavy atom. The number of nitrogens with zero attached hydrogens (tertiary/aromatic N) is 3. The van der Waals surface area contributed by atoms with Crippen molar-refractivity contribution >= 4 is 11.7 Å². The second-order valence-electron chi connectivity index (χ2n) is 5.19. The van der Waals surface area contributed by atoms with Gasteiger partial charge in [-0.25, -0.2) is 8.78 Å². The van der Waals surface area contributed by atoms with Crippen LogP contribution in [0.2, 0.25) is 0 Å². The highest BCUT2D eigenvalue weighted by molar-refractivity contribution is 5.96. The minimum absolute atomic E-state index is 0.0578. The van der Waals surface area contributed by atoms with Crippen molar-refractivity contribution in [3.05, 3.63) is 41.6 Å². The van der Waals surface area contributed by atoms with Crippen molar-refractivity contribution < 1.29 is 13.5 Å². The molecule has 0 amide bonds. The van der Waals surface area contributed by atoms with Crippen molar-refractivity contribution in [2.45, 2.75) is 12.3 Å². The number of benzene rings is 1. The van der Waals surface area contributed by atoms with Gasteiger partial charge >= 0.3 is 0 Å². The number of halogens is 2. The molecule has 5 nitrogen and oxygen atoms in total. The molecule has 0 radical (unpaired) electrons. The van der Waals surface area contributed by atoms with E-state index in [1.165, 1.54) is 19.2 Å². The van der Waals surface area contributed by atoms with Crippen LogP contribution in [0, 0.1) is 11.6 Å². The van der Waals surface area contributed by atoms with E-state index in [0.717, 1.165) is 0 Å². The number of hydrogen-bond donors (Lipinski definition) is 1. The van der Waals surface area contributed by atoms with E-state index < -0.39 is 11.6 Å². The Balaban J connectivity index is 1.74. The van der Waals surface area contributed by atoms with E-state index in [0.29, 0.717) is 24.6 Å². The molecule has 3 rings (SSSR count). The highest BCUT2D eigenvalue weighted by Crippen LogP contribution is 2.32. The fourth-order valence-electron chi connectivity index (χ4n) is 2.57. The summed E-state index contributed by atoms with van der Waals surface area (Å²) in [5.74, 6) is -0.00946. The van der Waals surface area contributed by atoms with Crippen LogP contribution < -0.4 is 10.1 Å². The Morgan fingerprint density at radius 2 is 2.05 bits per heavy atom. The predicted molar refractivity (Wildman–Crippen MR) is 79.4 cm³/mol. The van der Waals surface area contributed by atoms with Crippen LogP contribution in [0.25, 0.3) is 0 Å². The van der Waals surface area contributed by atoms with Crippen LogP contribution in [0.3, 0.4) is 0 Å². The maximum absolute atomic E-state index is 14.1. The number of nitrogens with one attached hydrogen (secondary N) is 1. The summed E-state index contributed by atoms with van der Waals surface area (Å²) in [6.07, 6.45) is 2.24. The van der Waals surface area contributed by atoms with Crippen molar-refractivity contribution in [3.8, 4) is 5.75 Å². The summed E-state index contributed by atoms with van der Waals surface area (Å²) in [5, 5.41) is 7.26. The van der Waals surface area contributed by atoms with Gasteiger partial charge in [-0.1, -0.05) is 0 Å². The fraction of sp³-hybridized carbons (Fsp3) is 0.333. The quantitative estimate of drug-likeness (QED) is 0.948. The normalized spacial score (nSPS) is 17.5. The number of aromatic nitrogens is 2. The van der Waals surface area contributed by atoms with Gasteiger partial charge in [0.15, 0.2) is 5.82 Å². The van der Waals surface area contributed by atoms with E-state index in [9.17, 15) is 8.78 Å². The van der Waals surface area contributed by atoms with Crippen molar-refractivity contribution in [1.82, 2.24) is 9.78 Å². The lowest BCUT2D eigenvalue weighted by Crippen LogP contribution is -2.12. The third-order valence-electron chi connectivity index (χ3n) is 3.62. The molecular weight excluding hydrogens is 290 g/mol. The lowest BCUT2D eigenvalue weighted by atomic mass is 9.96. The summed E-state index contributed by atoms with van der Waals surface area (Å²) in [5.41, 5.74) is 0.0578. The van der Waals surface area contributed by atoms with Gasteiger partial charge in [-0.3, -0.25) is 9.67 Å². The van der Waals surface area contributed by atoms with Gasteiger partial charge in [0.25, 0.3) is 0 Å². The molecule has 2 aromatic rings. The molecule has 0 aliphatic carbocycles. The Hall–Kier alpha value is -2.44. The topological polar surface area (TPSA) is 51.4 Å². The van der Waals surface area contributed by atoms with Crippen LogP contribution in [-0.4, -0.2) is 29.3 Å². The number of ether oxygens (including phenoxy) is 1. The Bertz CT molecular complexity index is 703. The molecular formula is C15H16F2N4O. The highest BCUT2D eigenvalue weighted by atomic mass is 19.1. The van der Waals surface area contributed by atoms with Crippen LogP contribution >= 0.6 is 0 Å². The van der Waals surface area contributed by atoms with E-state index in [2.05, 4.69) is 15.4 Å². The predicted octanol–water partition coefficient (Wildman–Crippen LogP) is 2.70. The standard InChI is InChI=1S/C15H16F2N4O/c1-21-4-3-13(20-21)19-14-5-9(8-18-14)15-11(16)6-10(22-2)7-12(15)17/h3-4,6-7,9H,5,8H2,1-2H3,(H,18,19,20). The van der Waals surface area contributed by atoms with E-state index in [1.54, 1.807) is 10.9 Å². The number of hydrogen-bond acceptors (Lipinski definition) is 4. The molecule has 1 aliphatic rings. The van der Waals surface area contributed by atoms with E-state index in [-0.39, 0.29) is 17.2 Å². The molecule has 1 aromatic heterocycles. The third kappa shape index (κ3) is 2.79. The first kappa shape index (κ1) is 14.5. The van der Waals surface area contributed by atoms with Gasteiger partial charge in [0.2, 0.25) is 0 Å². The summed E-state index contributed by atoms with van der Waals surface area (Å²) >= 11 is 0. The van der Waals surface area contributed by atoms with E-state index in [4.69, 9.17) is 4.74 Å². The Morgan fingerprint density at radius 3 is 2.64 bits per heavy atom. The molecule has 0 saturated heterocycles. The van der Waals surface area contributed by atoms with E-state index in [1.807, 2.05) is 13.1 Å². The SMILES string of the molecule is COc1cc(F)c(C2CN=C(Nc3ccn(C)n3)C2)c(F)c1. The average molecular weight is 306 g/mol. The molecule has 1 N–H and O–H groups in total. The van der Waals surface area contributed by atoms with Gasteiger partial charge in [-0.2, -0.15) is 5.10 Å². The number of aliphatic imine (C=N–C) groups is 1. The lowest BCUT2D eigenvalue weighted by molar-refractivity contribution is 0.404. The summed E-state index contributed by atoms with van der Waals surface area (Å²) < 4.78 is 34.7. The molecule has 0 fully saturated rings. The molecule has 1 aliphatic heterocycles.